The molecule has 0 aromatic carbocycles. The highest BCUT2D eigenvalue weighted by molar-refractivity contribution is 14.0. The minimum Gasteiger partial charge on any atom is -0.357 e. The summed E-state index contributed by atoms with van der Waals surface area (Å²) in [4.78, 5) is 14.6. The van der Waals surface area contributed by atoms with Crippen molar-refractivity contribution >= 4 is 41.3 Å². The maximum Gasteiger partial charge on any atom is 0.191 e. The Hall–Kier alpha value is -1.22. The lowest BCUT2D eigenvalue weighted by Gasteiger charge is -2.10. The second-order valence-corrected chi connectivity index (χ2v) is 6.00. The van der Waals surface area contributed by atoms with Gasteiger partial charge in [0.05, 0.1) is 18.8 Å². The van der Waals surface area contributed by atoms with Crippen LogP contribution in [0.1, 0.15) is 28.2 Å². The molecule has 2 rings (SSSR count). The highest BCUT2D eigenvalue weighted by atomic mass is 127. The molecule has 5 nitrogen and oxygen atoms in total. The number of hydrogen-bond donors (Lipinski definition) is 2. The van der Waals surface area contributed by atoms with Gasteiger partial charge >= 0.3 is 0 Å². The predicted octanol–water partition coefficient (Wildman–Crippen LogP) is 3.03. The standard InChI is InChI=1S/C15H21N5S.HI/c1-4-16-15(19-10-14-17-8-12(3)21-14)18-9-13-7-5-6-11(2)20-13;/h5-8H,4,9-10H2,1-3H3,(H2,16,18,19);1H. The van der Waals surface area contributed by atoms with Gasteiger partial charge in [0.2, 0.25) is 0 Å². The SMILES string of the molecule is CCNC(=NCc1cccc(C)n1)NCc1ncc(C)s1.I. The third kappa shape index (κ3) is 6.27. The second kappa shape index (κ2) is 9.73. The maximum atomic E-state index is 4.56. The summed E-state index contributed by atoms with van der Waals surface area (Å²) in [5, 5.41) is 7.59. The Morgan fingerprint density at radius 1 is 1.27 bits per heavy atom. The average Bonchev–Trinajstić information content (AvgIpc) is 2.88. The Bertz CT molecular complexity index is 611. The van der Waals surface area contributed by atoms with E-state index in [1.807, 2.05) is 31.3 Å². The summed E-state index contributed by atoms with van der Waals surface area (Å²) in [5.41, 5.74) is 1.98. The van der Waals surface area contributed by atoms with Crippen molar-refractivity contribution in [2.75, 3.05) is 6.54 Å². The monoisotopic (exact) mass is 431 g/mol. The van der Waals surface area contributed by atoms with Crippen molar-refractivity contribution in [2.24, 2.45) is 4.99 Å². The molecule has 0 radical (unpaired) electrons. The normalized spacial score (nSPS) is 11.0. The van der Waals surface area contributed by atoms with Crippen molar-refractivity contribution in [1.29, 1.82) is 0 Å². The van der Waals surface area contributed by atoms with Crippen LogP contribution in [-0.4, -0.2) is 22.5 Å². The lowest BCUT2D eigenvalue weighted by atomic mass is 10.3. The quantitative estimate of drug-likeness (QED) is 0.434. The van der Waals surface area contributed by atoms with Crippen LogP contribution in [0.3, 0.4) is 0 Å². The van der Waals surface area contributed by atoms with Gasteiger partial charge < -0.3 is 10.6 Å². The molecule has 0 saturated heterocycles. The number of halogens is 1. The summed E-state index contributed by atoms with van der Waals surface area (Å²) in [6.07, 6.45) is 1.89. The molecular weight excluding hydrogens is 409 g/mol. The minimum absolute atomic E-state index is 0. The van der Waals surface area contributed by atoms with Gasteiger partial charge in [-0.1, -0.05) is 6.07 Å². The van der Waals surface area contributed by atoms with E-state index in [9.17, 15) is 0 Å². The molecule has 0 fully saturated rings. The van der Waals surface area contributed by atoms with Gasteiger partial charge in [0.1, 0.15) is 5.01 Å². The van der Waals surface area contributed by atoms with Crippen LogP contribution in [0.15, 0.2) is 29.4 Å². The molecule has 0 aliphatic heterocycles. The minimum atomic E-state index is 0. The molecule has 0 amide bonds. The molecule has 0 aliphatic rings. The number of rotatable bonds is 5. The summed E-state index contributed by atoms with van der Waals surface area (Å²) in [7, 11) is 0. The molecule has 2 aromatic heterocycles. The molecule has 22 heavy (non-hydrogen) atoms. The van der Waals surface area contributed by atoms with E-state index in [4.69, 9.17) is 0 Å². The fourth-order valence-corrected chi connectivity index (χ4v) is 2.56. The largest absolute Gasteiger partial charge is 0.357 e. The first-order chi connectivity index (χ1) is 10.2. The number of hydrogen-bond acceptors (Lipinski definition) is 4. The third-order valence-corrected chi connectivity index (χ3v) is 3.68. The fourth-order valence-electron chi connectivity index (χ4n) is 1.83. The third-order valence-electron chi connectivity index (χ3n) is 2.77. The van der Waals surface area contributed by atoms with E-state index >= 15 is 0 Å². The van der Waals surface area contributed by atoms with Crippen molar-refractivity contribution in [1.82, 2.24) is 20.6 Å². The molecule has 7 heteroatoms. The van der Waals surface area contributed by atoms with E-state index in [1.54, 1.807) is 11.3 Å². The van der Waals surface area contributed by atoms with Gasteiger partial charge in [0, 0.05) is 23.3 Å². The van der Waals surface area contributed by atoms with Gasteiger partial charge in [0.25, 0.3) is 0 Å². The average molecular weight is 431 g/mol. The molecule has 2 aromatic rings. The summed E-state index contributed by atoms with van der Waals surface area (Å²) in [6.45, 7) is 8.17. The van der Waals surface area contributed by atoms with Gasteiger partial charge in [-0.15, -0.1) is 35.3 Å². The molecule has 0 saturated carbocycles. The number of guanidine groups is 1. The first-order valence-electron chi connectivity index (χ1n) is 7.03. The highest BCUT2D eigenvalue weighted by Crippen LogP contribution is 2.10. The molecule has 0 aliphatic carbocycles. The van der Waals surface area contributed by atoms with Gasteiger partial charge in [0.15, 0.2) is 5.96 Å². The lowest BCUT2D eigenvalue weighted by molar-refractivity contribution is 0.807. The van der Waals surface area contributed by atoms with E-state index in [2.05, 4.69) is 39.4 Å². The zero-order valence-corrected chi connectivity index (χ0v) is 16.2. The van der Waals surface area contributed by atoms with Gasteiger partial charge in [-0.3, -0.25) is 4.98 Å². The zero-order chi connectivity index (χ0) is 15.1. The van der Waals surface area contributed by atoms with Crippen LogP contribution in [0.4, 0.5) is 0 Å². The van der Waals surface area contributed by atoms with Gasteiger partial charge in [-0.2, -0.15) is 0 Å². The number of aliphatic imine (C=N–C) groups is 1. The smallest absolute Gasteiger partial charge is 0.191 e. The summed E-state index contributed by atoms with van der Waals surface area (Å²) in [6, 6.07) is 5.98. The van der Waals surface area contributed by atoms with E-state index in [0.717, 1.165) is 28.9 Å². The highest BCUT2D eigenvalue weighted by Gasteiger charge is 2.02. The summed E-state index contributed by atoms with van der Waals surface area (Å²) < 4.78 is 0. The number of nitrogens with zero attached hydrogens (tertiary/aromatic N) is 3. The van der Waals surface area contributed by atoms with Gasteiger partial charge in [-0.05, 0) is 32.9 Å². The molecule has 0 spiro atoms. The second-order valence-electron chi connectivity index (χ2n) is 4.68. The van der Waals surface area contributed by atoms with E-state index in [-0.39, 0.29) is 24.0 Å². The Morgan fingerprint density at radius 2 is 2.09 bits per heavy atom. The fraction of sp³-hybridized carbons (Fsp3) is 0.400. The molecule has 120 valence electrons. The Balaban J connectivity index is 0.00000242. The molecular formula is C15H22IN5S. The topological polar surface area (TPSA) is 62.2 Å². The predicted molar refractivity (Wildman–Crippen MR) is 103 cm³/mol. The Labute approximate surface area is 152 Å². The van der Waals surface area contributed by atoms with Crippen molar-refractivity contribution in [3.8, 4) is 0 Å². The summed E-state index contributed by atoms with van der Waals surface area (Å²) >= 11 is 1.70. The lowest BCUT2D eigenvalue weighted by Crippen LogP contribution is -2.36. The number of aryl methyl sites for hydroxylation is 2. The number of pyridine rings is 1. The van der Waals surface area contributed by atoms with Crippen LogP contribution in [0.5, 0.6) is 0 Å². The van der Waals surface area contributed by atoms with Crippen LogP contribution in [0.25, 0.3) is 0 Å². The van der Waals surface area contributed by atoms with Crippen LogP contribution in [-0.2, 0) is 13.1 Å². The Morgan fingerprint density at radius 3 is 2.73 bits per heavy atom. The maximum absolute atomic E-state index is 4.56. The van der Waals surface area contributed by atoms with Crippen molar-refractivity contribution in [3.63, 3.8) is 0 Å². The summed E-state index contributed by atoms with van der Waals surface area (Å²) in [5.74, 6) is 0.786. The Kier molecular flexibility index (Phi) is 8.32. The van der Waals surface area contributed by atoms with Crippen molar-refractivity contribution in [2.45, 2.75) is 33.9 Å². The number of nitrogens with one attached hydrogen (secondary N) is 2. The van der Waals surface area contributed by atoms with E-state index in [0.29, 0.717) is 13.1 Å². The van der Waals surface area contributed by atoms with Crippen LogP contribution < -0.4 is 10.6 Å². The van der Waals surface area contributed by atoms with Crippen LogP contribution >= 0.6 is 35.3 Å². The van der Waals surface area contributed by atoms with E-state index in [1.165, 1.54) is 4.88 Å². The molecule has 0 bridgehead atoms. The van der Waals surface area contributed by atoms with E-state index < -0.39 is 0 Å². The molecule has 0 atom stereocenters. The number of aromatic nitrogens is 2. The zero-order valence-electron chi connectivity index (χ0n) is 13.1. The van der Waals surface area contributed by atoms with Gasteiger partial charge in [-0.25, -0.2) is 9.98 Å². The first kappa shape index (κ1) is 18.8. The van der Waals surface area contributed by atoms with Crippen LogP contribution in [0.2, 0.25) is 0 Å². The molecule has 2 heterocycles. The molecule has 0 unspecified atom stereocenters. The molecule has 2 N–H and O–H groups in total. The van der Waals surface area contributed by atoms with Crippen LogP contribution in [0, 0.1) is 13.8 Å². The number of thiazole rings is 1. The first-order valence-corrected chi connectivity index (χ1v) is 7.85. The van der Waals surface area contributed by atoms with Crippen molar-refractivity contribution < 1.29 is 0 Å². The van der Waals surface area contributed by atoms with Crippen molar-refractivity contribution in [3.05, 3.63) is 45.7 Å².